The molecule has 0 radical (unpaired) electrons. The van der Waals surface area contributed by atoms with E-state index in [1.165, 1.54) is 0 Å². The minimum atomic E-state index is -0.511. The van der Waals surface area contributed by atoms with Gasteiger partial charge >= 0.3 is 5.97 Å². The number of nitrogens with zero attached hydrogens (tertiary/aromatic N) is 1. The Morgan fingerprint density at radius 1 is 1.47 bits per heavy atom. The maximum atomic E-state index is 11.4. The molecule has 0 aromatic carbocycles. The highest BCUT2D eigenvalue weighted by Crippen LogP contribution is 2.09. The molecule has 1 atom stereocenters. The fourth-order valence-electron chi connectivity index (χ4n) is 1.39. The molecule has 0 saturated carbocycles. The van der Waals surface area contributed by atoms with Gasteiger partial charge in [0.05, 0.1) is 6.10 Å². The zero-order valence-corrected chi connectivity index (χ0v) is 12.0. The summed E-state index contributed by atoms with van der Waals surface area (Å²) in [5.74, 6) is 0.0555. The predicted octanol–water partition coefficient (Wildman–Crippen LogP) is 1.64. The Labute approximate surface area is 109 Å². The van der Waals surface area contributed by atoms with Gasteiger partial charge in [-0.2, -0.15) is 0 Å². The molecule has 0 aromatic heterocycles. The number of halogens is 1. The zero-order valence-electron chi connectivity index (χ0n) is 11.2. The van der Waals surface area contributed by atoms with E-state index in [9.17, 15) is 9.90 Å². The van der Waals surface area contributed by atoms with Crippen LogP contribution in [-0.4, -0.2) is 53.7 Å². The summed E-state index contributed by atoms with van der Waals surface area (Å²) in [4.78, 5) is 13.4. The van der Waals surface area contributed by atoms with Crippen LogP contribution in [0, 0.1) is 0 Å². The topological polar surface area (TPSA) is 49.8 Å². The Morgan fingerprint density at radius 2 is 2.06 bits per heavy atom. The van der Waals surface area contributed by atoms with Gasteiger partial charge in [0, 0.05) is 18.8 Å². The van der Waals surface area contributed by atoms with Crippen molar-refractivity contribution < 1.29 is 14.6 Å². The Hall–Kier alpha value is -0.320. The molecule has 1 N–H and O–H groups in total. The summed E-state index contributed by atoms with van der Waals surface area (Å²) in [6.45, 7) is 6.83. The Morgan fingerprint density at radius 3 is 2.53 bits per heavy atom. The van der Waals surface area contributed by atoms with E-state index in [1.807, 2.05) is 32.7 Å². The highest BCUT2D eigenvalue weighted by atomic mass is 35.5. The minimum absolute atomic E-state index is 0.177. The van der Waals surface area contributed by atoms with Gasteiger partial charge in [0.1, 0.15) is 5.60 Å². The van der Waals surface area contributed by atoms with Crippen LogP contribution in [0.4, 0.5) is 0 Å². The molecular weight excluding hydrogens is 242 g/mol. The summed E-state index contributed by atoms with van der Waals surface area (Å²) < 4.78 is 5.19. The standard InChI is InChI=1S/C12H24ClNO3/c1-12(2,3)17-11(16)6-5-7-14(4)9-10(15)8-13/h10,15H,5-9H2,1-4H3/t10-/m1/s1. The number of carbonyl (C=O) groups is 1. The first-order valence-corrected chi connectivity index (χ1v) is 6.42. The smallest absolute Gasteiger partial charge is 0.306 e. The van der Waals surface area contributed by atoms with Gasteiger partial charge in [-0.15, -0.1) is 11.6 Å². The molecular formula is C12H24ClNO3. The number of hydrogen-bond donors (Lipinski definition) is 1. The fraction of sp³-hybridized carbons (Fsp3) is 0.917. The molecule has 5 heteroatoms. The van der Waals surface area contributed by atoms with Crippen molar-refractivity contribution in [2.45, 2.75) is 45.3 Å². The van der Waals surface area contributed by atoms with E-state index in [0.717, 1.165) is 13.0 Å². The lowest BCUT2D eigenvalue weighted by Gasteiger charge is -2.21. The predicted molar refractivity (Wildman–Crippen MR) is 69.3 cm³/mol. The van der Waals surface area contributed by atoms with Crippen LogP contribution in [0.5, 0.6) is 0 Å². The highest BCUT2D eigenvalue weighted by molar-refractivity contribution is 6.18. The third-order valence-electron chi connectivity index (χ3n) is 2.04. The zero-order chi connectivity index (χ0) is 13.5. The van der Waals surface area contributed by atoms with Crippen LogP contribution >= 0.6 is 11.6 Å². The fourth-order valence-corrected chi connectivity index (χ4v) is 1.48. The van der Waals surface area contributed by atoms with Crippen LogP contribution in [0.15, 0.2) is 0 Å². The van der Waals surface area contributed by atoms with E-state index < -0.39 is 11.7 Å². The minimum Gasteiger partial charge on any atom is -0.460 e. The molecule has 0 aliphatic heterocycles. The number of aliphatic hydroxyl groups excluding tert-OH is 1. The van der Waals surface area contributed by atoms with Gasteiger partial charge in [-0.05, 0) is 40.8 Å². The van der Waals surface area contributed by atoms with Gasteiger partial charge in [-0.25, -0.2) is 0 Å². The number of aliphatic hydroxyl groups is 1. The molecule has 0 fully saturated rings. The van der Waals surface area contributed by atoms with Crippen LogP contribution in [-0.2, 0) is 9.53 Å². The van der Waals surface area contributed by atoms with E-state index in [4.69, 9.17) is 16.3 Å². The Balaban J connectivity index is 3.66. The van der Waals surface area contributed by atoms with E-state index >= 15 is 0 Å². The molecule has 0 rings (SSSR count). The lowest BCUT2D eigenvalue weighted by atomic mass is 10.2. The molecule has 0 saturated heterocycles. The molecule has 0 aliphatic rings. The van der Waals surface area contributed by atoms with Gasteiger partial charge < -0.3 is 14.7 Å². The number of hydrogen-bond acceptors (Lipinski definition) is 4. The maximum absolute atomic E-state index is 11.4. The second-order valence-corrected chi connectivity index (χ2v) is 5.57. The molecule has 0 aromatic rings. The summed E-state index contributed by atoms with van der Waals surface area (Å²) in [5.41, 5.74) is -0.419. The van der Waals surface area contributed by atoms with Crippen molar-refractivity contribution in [3.8, 4) is 0 Å². The van der Waals surface area contributed by atoms with Crippen molar-refractivity contribution in [2.24, 2.45) is 0 Å². The number of esters is 1. The van der Waals surface area contributed by atoms with Crippen molar-refractivity contribution in [1.82, 2.24) is 4.90 Å². The second-order valence-electron chi connectivity index (χ2n) is 5.26. The first-order valence-electron chi connectivity index (χ1n) is 5.89. The third kappa shape index (κ3) is 10.5. The average Bonchev–Trinajstić information content (AvgIpc) is 2.14. The first-order chi connectivity index (χ1) is 7.74. The summed E-state index contributed by atoms with van der Waals surface area (Å²) in [5, 5.41) is 9.32. The quantitative estimate of drug-likeness (QED) is 0.562. The molecule has 0 amide bonds. The van der Waals surface area contributed by atoms with Crippen LogP contribution < -0.4 is 0 Å². The third-order valence-corrected chi connectivity index (χ3v) is 2.40. The molecule has 0 bridgehead atoms. The normalized spacial score (nSPS) is 13.8. The highest BCUT2D eigenvalue weighted by Gasteiger charge is 2.16. The van der Waals surface area contributed by atoms with Gasteiger partial charge in [0.15, 0.2) is 0 Å². The van der Waals surface area contributed by atoms with Crippen LogP contribution in [0.3, 0.4) is 0 Å². The molecule has 0 unspecified atom stereocenters. The Bertz CT molecular complexity index is 228. The van der Waals surface area contributed by atoms with Crippen LogP contribution in [0.25, 0.3) is 0 Å². The summed E-state index contributed by atoms with van der Waals surface area (Å²) in [6.07, 6.45) is 0.613. The second kappa shape index (κ2) is 7.90. The molecule has 4 nitrogen and oxygen atoms in total. The summed E-state index contributed by atoms with van der Waals surface area (Å²) in [6, 6.07) is 0. The van der Waals surface area contributed by atoms with Crippen molar-refractivity contribution in [3.63, 3.8) is 0 Å². The van der Waals surface area contributed by atoms with Crippen molar-refractivity contribution in [3.05, 3.63) is 0 Å². The van der Waals surface area contributed by atoms with Gasteiger partial charge in [0.2, 0.25) is 0 Å². The summed E-state index contributed by atoms with van der Waals surface area (Å²) >= 11 is 5.50. The van der Waals surface area contributed by atoms with Gasteiger partial charge in [0.25, 0.3) is 0 Å². The molecule has 17 heavy (non-hydrogen) atoms. The van der Waals surface area contributed by atoms with E-state index in [2.05, 4.69) is 0 Å². The molecule has 0 spiro atoms. The number of likely N-dealkylation sites (N-methyl/N-ethyl adjacent to an activating group) is 1. The van der Waals surface area contributed by atoms with E-state index in [-0.39, 0.29) is 11.8 Å². The summed E-state index contributed by atoms with van der Waals surface area (Å²) in [7, 11) is 1.89. The van der Waals surface area contributed by atoms with E-state index in [1.54, 1.807) is 0 Å². The maximum Gasteiger partial charge on any atom is 0.306 e. The van der Waals surface area contributed by atoms with Crippen LogP contribution in [0.2, 0.25) is 0 Å². The Kier molecular flexibility index (Phi) is 7.75. The number of alkyl halides is 1. The SMILES string of the molecule is CN(CCCC(=O)OC(C)(C)C)C[C@H](O)CCl. The number of rotatable bonds is 7. The lowest BCUT2D eigenvalue weighted by molar-refractivity contribution is -0.154. The van der Waals surface area contributed by atoms with Gasteiger partial charge in [-0.3, -0.25) is 4.79 Å². The van der Waals surface area contributed by atoms with Crippen LogP contribution in [0.1, 0.15) is 33.6 Å². The number of ether oxygens (including phenoxy) is 1. The van der Waals surface area contributed by atoms with Crippen molar-refractivity contribution in [2.75, 3.05) is 26.0 Å². The van der Waals surface area contributed by atoms with Gasteiger partial charge in [-0.1, -0.05) is 0 Å². The van der Waals surface area contributed by atoms with Crippen molar-refractivity contribution in [1.29, 1.82) is 0 Å². The molecule has 0 aliphatic carbocycles. The van der Waals surface area contributed by atoms with Crippen molar-refractivity contribution >= 4 is 17.6 Å². The lowest BCUT2D eigenvalue weighted by Crippen LogP contribution is -2.31. The molecule has 102 valence electrons. The first kappa shape index (κ1) is 16.7. The number of carbonyl (C=O) groups excluding carboxylic acids is 1. The molecule has 0 heterocycles. The van der Waals surface area contributed by atoms with E-state index in [0.29, 0.717) is 13.0 Å². The monoisotopic (exact) mass is 265 g/mol. The largest absolute Gasteiger partial charge is 0.460 e. The average molecular weight is 266 g/mol.